The lowest BCUT2D eigenvalue weighted by Crippen LogP contribution is -2.38. The SMILES string of the molecule is O=C(c1ccc(-c2ncnc3ccsc23)cc1)N1CCC(O)(CO)C1. The molecular weight excluding hydrogens is 338 g/mol. The first-order chi connectivity index (χ1) is 12.1. The van der Waals surface area contributed by atoms with Gasteiger partial charge in [-0.1, -0.05) is 12.1 Å². The van der Waals surface area contributed by atoms with Gasteiger partial charge in [-0.15, -0.1) is 11.3 Å². The maximum absolute atomic E-state index is 12.6. The molecule has 1 aliphatic rings. The normalized spacial score (nSPS) is 20.3. The predicted octanol–water partition coefficient (Wildman–Crippen LogP) is 1.93. The quantitative estimate of drug-likeness (QED) is 0.750. The molecule has 0 aliphatic carbocycles. The van der Waals surface area contributed by atoms with Crippen LogP contribution < -0.4 is 0 Å². The number of carbonyl (C=O) groups excluding carboxylic acids is 1. The zero-order valence-electron chi connectivity index (χ0n) is 13.4. The van der Waals surface area contributed by atoms with Crippen molar-refractivity contribution in [2.45, 2.75) is 12.0 Å². The van der Waals surface area contributed by atoms with Crippen molar-refractivity contribution in [1.82, 2.24) is 14.9 Å². The predicted molar refractivity (Wildman–Crippen MR) is 95.4 cm³/mol. The average Bonchev–Trinajstić information content (AvgIpc) is 3.28. The summed E-state index contributed by atoms with van der Waals surface area (Å²) in [6.45, 7) is 0.269. The van der Waals surface area contributed by atoms with Crippen LogP contribution in [0.15, 0.2) is 42.0 Å². The van der Waals surface area contributed by atoms with E-state index in [4.69, 9.17) is 0 Å². The number of hydrogen-bond acceptors (Lipinski definition) is 6. The maximum Gasteiger partial charge on any atom is 0.253 e. The van der Waals surface area contributed by atoms with Crippen LogP contribution in [0.3, 0.4) is 0 Å². The minimum atomic E-state index is -1.18. The number of fused-ring (bicyclic) bond motifs is 1. The van der Waals surface area contributed by atoms with Gasteiger partial charge in [-0.25, -0.2) is 9.97 Å². The molecule has 1 unspecified atom stereocenters. The van der Waals surface area contributed by atoms with Gasteiger partial charge in [0, 0.05) is 17.7 Å². The zero-order valence-corrected chi connectivity index (χ0v) is 14.2. The van der Waals surface area contributed by atoms with E-state index in [0.29, 0.717) is 18.5 Å². The lowest BCUT2D eigenvalue weighted by molar-refractivity contribution is -0.00455. The Bertz CT molecular complexity index is 925. The number of β-amino-alcohol motifs (C(OH)–C–C–N with tert-alkyl or cyclic N) is 1. The number of benzene rings is 1. The van der Waals surface area contributed by atoms with Crippen molar-refractivity contribution in [3.05, 3.63) is 47.6 Å². The van der Waals surface area contributed by atoms with Crippen LogP contribution in [0.5, 0.6) is 0 Å². The summed E-state index contributed by atoms with van der Waals surface area (Å²) < 4.78 is 1.02. The highest BCUT2D eigenvalue weighted by molar-refractivity contribution is 7.17. The third kappa shape index (κ3) is 2.90. The second-order valence-corrected chi connectivity index (χ2v) is 7.21. The van der Waals surface area contributed by atoms with Crippen molar-refractivity contribution in [3.8, 4) is 11.3 Å². The highest BCUT2D eigenvalue weighted by Crippen LogP contribution is 2.30. The fraction of sp³-hybridized carbons (Fsp3) is 0.278. The number of likely N-dealkylation sites (tertiary alicyclic amines) is 1. The second kappa shape index (κ2) is 6.18. The van der Waals surface area contributed by atoms with Crippen molar-refractivity contribution in [1.29, 1.82) is 0 Å². The molecule has 1 aliphatic heterocycles. The Morgan fingerprint density at radius 2 is 2.04 bits per heavy atom. The Balaban J connectivity index is 1.58. The number of amides is 1. The molecule has 0 spiro atoms. The molecule has 1 amide bonds. The number of nitrogens with zero attached hydrogens (tertiary/aromatic N) is 3. The first-order valence-electron chi connectivity index (χ1n) is 8.01. The highest BCUT2D eigenvalue weighted by atomic mass is 32.1. The smallest absolute Gasteiger partial charge is 0.253 e. The Kier molecular flexibility index (Phi) is 3.99. The molecule has 1 aromatic carbocycles. The average molecular weight is 355 g/mol. The van der Waals surface area contributed by atoms with Crippen LogP contribution >= 0.6 is 11.3 Å². The van der Waals surface area contributed by atoms with Gasteiger partial charge in [-0.05, 0) is 30.0 Å². The first kappa shape index (κ1) is 16.1. The van der Waals surface area contributed by atoms with Gasteiger partial charge in [-0.3, -0.25) is 4.79 Å². The Morgan fingerprint density at radius 1 is 1.24 bits per heavy atom. The molecule has 25 heavy (non-hydrogen) atoms. The molecule has 0 saturated carbocycles. The molecule has 6 nitrogen and oxygen atoms in total. The van der Waals surface area contributed by atoms with E-state index in [-0.39, 0.29) is 19.1 Å². The fourth-order valence-corrected chi connectivity index (χ4v) is 3.96. The van der Waals surface area contributed by atoms with E-state index in [2.05, 4.69) is 9.97 Å². The van der Waals surface area contributed by atoms with Gasteiger partial charge in [-0.2, -0.15) is 0 Å². The van der Waals surface area contributed by atoms with Crippen molar-refractivity contribution in [2.24, 2.45) is 0 Å². The van der Waals surface area contributed by atoms with Crippen LogP contribution in [-0.4, -0.2) is 56.3 Å². The molecule has 2 aromatic heterocycles. The van der Waals surface area contributed by atoms with Gasteiger partial charge in [0.2, 0.25) is 0 Å². The Hall–Kier alpha value is -2.35. The third-order valence-corrected chi connectivity index (χ3v) is 5.47. The summed E-state index contributed by atoms with van der Waals surface area (Å²) in [4.78, 5) is 22.8. The monoisotopic (exact) mass is 355 g/mol. The van der Waals surface area contributed by atoms with Crippen LogP contribution in [0.1, 0.15) is 16.8 Å². The highest BCUT2D eigenvalue weighted by Gasteiger charge is 2.37. The summed E-state index contributed by atoms with van der Waals surface area (Å²) in [5, 5.41) is 21.3. The van der Waals surface area contributed by atoms with E-state index in [1.54, 1.807) is 34.7 Å². The number of aromatic nitrogens is 2. The fourth-order valence-electron chi connectivity index (χ4n) is 3.11. The first-order valence-corrected chi connectivity index (χ1v) is 8.89. The minimum Gasteiger partial charge on any atom is -0.393 e. The van der Waals surface area contributed by atoms with Crippen LogP contribution in [0.2, 0.25) is 0 Å². The van der Waals surface area contributed by atoms with Crippen LogP contribution in [0, 0.1) is 0 Å². The summed E-state index contributed by atoms with van der Waals surface area (Å²) >= 11 is 1.59. The van der Waals surface area contributed by atoms with Gasteiger partial charge in [0.15, 0.2) is 0 Å². The van der Waals surface area contributed by atoms with Crippen molar-refractivity contribution >= 4 is 27.5 Å². The Morgan fingerprint density at radius 3 is 2.76 bits per heavy atom. The number of carbonyl (C=O) groups is 1. The molecule has 1 atom stereocenters. The van der Waals surface area contributed by atoms with Crippen LogP contribution in [0.4, 0.5) is 0 Å². The lowest BCUT2D eigenvalue weighted by Gasteiger charge is -2.21. The molecular formula is C18H17N3O3S. The third-order valence-electron chi connectivity index (χ3n) is 4.56. The largest absolute Gasteiger partial charge is 0.393 e. The van der Waals surface area contributed by atoms with E-state index in [1.165, 1.54) is 0 Å². The topological polar surface area (TPSA) is 86.6 Å². The van der Waals surface area contributed by atoms with Crippen LogP contribution in [0.25, 0.3) is 21.5 Å². The summed E-state index contributed by atoms with van der Waals surface area (Å²) in [6, 6.07) is 9.26. The lowest BCUT2D eigenvalue weighted by atomic mass is 10.1. The molecule has 3 heterocycles. The molecule has 2 N–H and O–H groups in total. The number of thiophene rings is 1. The van der Waals surface area contributed by atoms with E-state index in [9.17, 15) is 15.0 Å². The van der Waals surface area contributed by atoms with Crippen molar-refractivity contribution in [2.75, 3.05) is 19.7 Å². The molecule has 7 heteroatoms. The van der Waals surface area contributed by atoms with E-state index in [0.717, 1.165) is 21.5 Å². The molecule has 4 rings (SSSR count). The van der Waals surface area contributed by atoms with Gasteiger partial charge < -0.3 is 15.1 Å². The summed E-state index contributed by atoms with van der Waals surface area (Å²) in [5.74, 6) is -0.139. The summed E-state index contributed by atoms with van der Waals surface area (Å²) in [7, 11) is 0. The molecule has 3 aromatic rings. The second-order valence-electron chi connectivity index (χ2n) is 6.29. The van der Waals surface area contributed by atoms with Gasteiger partial charge in [0.05, 0.1) is 29.1 Å². The van der Waals surface area contributed by atoms with Crippen molar-refractivity contribution < 1.29 is 15.0 Å². The zero-order chi connectivity index (χ0) is 17.4. The molecule has 1 fully saturated rings. The Labute approximate surface area is 148 Å². The van der Waals surface area contributed by atoms with Gasteiger partial charge >= 0.3 is 0 Å². The van der Waals surface area contributed by atoms with Crippen molar-refractivity contribution in [3.63, 3.8) is 0 Å². The molecule has 0 radical (unpaired) electrons. The number of aliphatic hydroxyl groups is 2. The molecule has 0 bridgehead atoms. The van der Waals surface area contributed by atoms with Gasteiger partial charge in [0.1, 0.15) is 11.9 Å². The number of rotatable bonds is 3. The molecule has 1 saturated heterocycles. The minimum absolute atomic E-state index is 0.139. The molecule has 128 valence electrons. The van der Waals surface area contributed by atoms with Gasteiger partial charge in [0.25, 0.3) is 5.91 Å². The maximum atomic E-state index is 12.6. The number of aliphatic hydroxyl groups excluding tert-OH is 1. The van der Waals surface area contributed by atoms with Crippen LogP contribution in [-0.2, 0) is 0 Å². The standard InChI is InChI=1S/C18H17N3O3S/c22-10-18(24)6-7-21(9-18)17(23)13-3-1-12(2-4-13)15-16-14(5-8-25-16)19-11-20-15/h1-5,8,11,22,24H,6-7,9-10H2. The summed E-state index contributed by atoms with van der Waals surface area (Å²) in [5.41, 5.74) is 2.08. The van der Waals surface area contributed by atoms with E-state index in [1.807, 2.05) is 23.6 Å². The van der Waals surface area contributed by atoms with E-state index >= 15 is 0 Å². The summed E-state index contributed by atoms with van der Waals surface area (Å²) in [6.07, 6.45) is 1.94. The number of hydrogen-bond donors (Lipinski definition) is 2. The van der Waals surface area contributed by atoms with E-state index < -0.39 is 5.60 Å².